The maximum atomic E-state index is 9.19. The van der Waals surface area contributed by atoms with Gasteiger partial charge >= 0.3 is 0 Å². The summed E-state index contributed by atoms with van der Waals surface area (Å²) in [4.78, 5) is 4.66. The highest BCUT2D eigenvalue weighted by molar-refractivity contribution is 5.76. The van der Waals surface area contributed by atoms with Crippen LogP contribution in [0.1, 0.15) is 16.7 Å². The highest BCUT2D eigenvalue weighted by Crippen LogP contribution is 2.39. The third-order valence-electron chi connectivity index (χ3n) is 4.96. The zero-order valence-electron chi connectivity index (χ0n) is 15.4. The molecule has 4 rings (SSSR count). The van der Waals surface area contributed by atoms with Gasteiger partial charge in [0.15, 0.2) is 5.54 Å². The largest absolute Gasteiger partial charge is 0.497 e. The molecule has 3 aromatic rings. The minimum Gasteiger partial charge on any atom is -0.497 e. The zero-order chi connectivity index (χ0) is 19.6. The molecule has 1 heterocycles. The highest BCUT2D eigenvalue weighted by Gasteiger charge is 2.40. The Morgan fingerprint density at radius 3 is 2.36 bits per heavy atom. The van der Waals surface area contributed by atoms with Gasteiger partial charge < -0.3 is 15.2 Å². The van der Waals surface area contributed by atoms with Crippen molar-refractivity contribution in [2.75, 3.05) is 13.7 Å². The Kier molecular flexibility index (Phi) is 4.46. The standard InChI is InChI=1S/C23H19N3O2/c1-27-21-10-8-19(9-11-21)23(15-28-22(25)26-23)20-7-3-6-18(13-20)17-5-2-4-16(12-17)14-24/h2-13H,15H2,1H3,(H2,25,26). The van der Waals surface area contributed by atoms with Gasteiger partial charge in [-0.25, -0.2) is 4.99 Å². The predicted molar refractivity (Wildman–Crippen MR) is 108 cm³/mol. The number of nitrogens with zero attached hydrogens (tertiary/aromatic N) is 2. The number of benzene rings is 3. The Labute approximate surface area is 163 Å². The summed E-state index contributed by atoms with van der Waals surface area (Å²) < 4.78 is 10.8. The summed E-state index contributed by atoms with van der Waals surface area (Å²) in [6, 6.07) is 25.8. The molecule has 0 bridgehead atoms. The molecule has 138 valence electrons. The minimum absolute atomic E-state index is 0.174. The molecule has 0 radical (unpaired) electrons. The van der Waals surface area contributed by atoms with Gasteiger partial charge in [0.2, 0.25) is 0 Å². The number of nitriles is 1. The van der Waals surface area contributed by atoms with E-state index in [0.29, 0.717) is 12.2 Å². The third kappa shape index (κ3) is 3.06. The minimum atomic E-state index is -0.723. The molecule has 1 aliphatic heterocycles. The quantitative estimate of drug-likeness (QED) is 0.758. The topological polar surface area (TPSA) is 80.6 Å². The lowest BCUT2D eigenvalue weighted by atomic mass is 9.83. The SMILES string of the molecule is COc1ccc(C2(c3cccc(-c4cccc(C#N)c4)c3)COC(N)=N2)cc1. The molecule has 5 nitrogen and oxygen atoms in total. The lowest BCUT2D eigenvalue weighted by molar-refractivity contribution is 0.278. The third-order valence-corrected chi connectivity index (χ3v) is 4.96. The maximum Gasteiger partial charge on any atom is 0.283 e. The maximum absolute atomic E-state index is 9.19. The van der Waals surface area contributed by atoms with Crippen LogP contribution < -0.4 is 10.5 Å². The fourth-order valence-corrected chi connectivity index (χ4v) is 3.48. The van der Waals surface area contributed by atoms with Crippen molar-refractivity contribution in [3.63, 3.8) is 0 Å². The Morgan fingerprint density at radius 1 is 1.00 bits per heavy atom. The summed E-state index contributed by atoms with van der Waals surface area (Å²) in [5.41, 5.74) is 9.71. The normalized spacial score (nSPS) is 18.1. The average Bonchev–Trinajstić information content (AvgIpc) is 3.17. The van der Waals surface area contributed by atoms with E-state index in [4.69, 9.17) is 15.2 Å². The second-order valence-electron chi connectivity index (χ2n) is 6.60. The van der Waals surface area contributed by atoms with E-state index in [1.807, 2.05) is 60.7 Å². The second-order valence-corrected chi connectivity index (χ2v) is 6.60. The van der Waals surface area contributed by atoms with Crippen molar-refractivity contribution in [1.82, 2.24) is 0 Å². The average molecular weight is 369 g/mol. The summed E-state index contributed by atoms with van der Waals surface area (Å²) in [5, 5.41) is 9.19. The van der Waals surface area contributed by atoms with Crippen LogP contribution in [0.15, 0.2) is 77.8 Å². The van der Waals surface area contributed by atoms with E-state index < -0.39 is 5.54 Å². The number of ether oxygens (including phenoxy) is 2. The molecule has 0 saturated carbocycles. The van der Waals surface area contributed by atoms with Crippen LogP contribution >= 0.6 is 0 Å². The van der Waals surface area contributed by atoms with Gasteiger partial charge in [-0.15, -0.1) is 0 Å². The summed E-state index contributed by atoms with van der Waals surface area (Å²) in [6.07, 6.45) is 0. The summed E-state index contributed by atoms with van der Waals surface area (Å²) in [5.74, 6) is 0.775. The monoisotopic (exact) mass is 369 g/mol. The molecule has 0 spiro atoms. The van der Waals surface area contributed by atoms with Gasteiger partial charge in [0.25, 0.3) is 6.02 Å². The van der Waals surface area contributed by atoms with E-state index in [9.17, 15) is 5.26 Å². The molecule has 0 aliphatic carbocycles. The van der Waals surface area contributed by atoms with Crippen LogP contribution in [0.4, 0.5) is 0 Å². The van der Waals surface area contributed by atoms with Gasteiger partial charge in [0.1, 0.15) is 12.4 Å². The Morgan fingerprint density at radius 2 is 1.71 bits per heavy atom. The Balaban J connectivity index is 1.83. The van der Waals surface area contributed by atoms with E-state index in [1.54, 1.807) is 13.2 Å². The van der Waals surface area contributed by atoms with Crippen molar-refractivity contribution in [3.8, 4) is 22.9 Å². The summed E-state index contributed by atoms with van der Waals surface area (Å²) in [7, 11) is 1.64. The number of rotatable bonds is 4. The Hall–Kier alpha value is -3.78. The summed E-state index contributed by atoms with van der Waals surface area (Å²) >= 11 is 0. The van der Waals surface area contributed by atoms with Gasteiger partial charge in [-0.1, -0.05) is 42.5 Å². The number of hydrogen-bond donors (Lipinski definition) is 1. The van der Waals surface area contributed by atoms with E-state index >= 15 is 0 Å². The number of hydrogen-bond acceptors (Lipinski definition) is 5. The highest BCUT2D eigenvalue weighted by atomic mass is 16.5. The molecule has 0 aromatic heterocycles. The first-order valence-corrected chi connectivity index (χ1v) is 8.88. The predicted octanol–water partition coefficient (Wildman–Crippen LogP) is 3.82. The van der Waals surface area contributed by atoms with Crippen molar-refractivity contribution >= 4 is 6.02 Å². The molecule has 1 aliphatic rings. The molecule has 1 atom stereocenters. The second kappa shape index (κ2) is 7.09. The van der Waals surface area contributed by atoms with Crippen LogP contribution in [0.25, 0.3) is 11.1 Å². The smallest absolute Gasteiger partial charge is 0.283 e. The number of amidine groups is 1. The van der Waals surface area contributed by atoms with Gasteiger partial charge in [-0.2, -0.15) is 5.26 Å². The molecular formula is C23H19N3O2. The Bertz CT molecular complexity index is 1080. The first kappa shape index (κ1) is 17.6. The fraction of sp³-hybridized carbons (Fsp3) is 0.130. The van der Waals surface area contributed by atoms with Crippen molar-refractivity contribution in [2.24, 2.45) is 10.7 Å². The number of nitrogens with two attached hydrogens (primary N) is 1. The molecule has 0 saturated heterocycles. The van der Waals surface area contributed by atoms with Crippen LogP contribution in [-0.2, 0) is 10.3 Å². The lowest BCUT2D eigenvalue weighted by Crippen LogP contribution is -2.27. The fourth-order valence-electron chi connectivity index (χ4n) is 3.48. The van der Waals surface area contributed by atoms with Crippen LogP contribution in [0.2, 0.25) is 0 Å². The van der Waals surface area contributed by atoms with Crippen LogP contribution in [-0.4, -0.2) is 19.7 Å². The molecular weight excluding hydrogens is 350 g/mol. The van der Waals surface area contributed by atoms with Crippen molar-refractivity contribution in [1.29, 1.82) is 5.26 Å². The molecule has 2 N–H and O–H groups in total. The van der Waals surface area contributed by atoms with E-state index in [1.165, 1.54) is 0 Å². The van der Waals surface area contributed by atoms with Gasteiger partial charge in [-0.05, 0) is 52.6 Å². The van der Waals surface area contributed by atoms with Gasteiger partial charge in [-0.3, -0.25) is 0 Å². The molecule has 0 amide bonds. The summed E-state index contributed by atoms with van der Waals surface area (Å²) in [6.45, 7) is 0.326. The number of methoxy groups -OCH3 is 1. The van der Waals surface area contributed by atoms with E-state index in [2.05, 4.69) is 17.1 Å². The van der Waals surface area contributed by atoms with Crippen LogP contribution in [0.5, 0.6) is 5.75 Å². The van der Waals surface area contributed by atoms with Crippen molar-refractivity contribution in [2.45, 2.75) is 5.54 Å². The van der Waals surface area contributed by atoms with Crippen LogP contribution in [0.3, 0.4) is 0 Å². The zero-order valence-corrected chi connectivity index (χ0v) is 15.4. The first-order chi connectivity index (χ1) is 13.6. The van der Waals surface area contributed by atoms with Gasteiger partial charge in [0, 0.05) is 0 Å². The van der Waals surface area contributed by atoms with Crippen LogP contribution in [0, 0.1) is 11.3 Å². The van der Waals surface area contributed by atoms with Crippen molar-refractivity contribution in [3.05, 3.63) is 89.5 Å². The first-order valence-electron chi connectivity index (χ1n) is 8.88. The molecule has 0 fully saturated rings. The number of aliphatic imine (C=N–C) groups is 1. The molecule has 3 aromatic carbocycles. The van der Waals surface area contributed by atoms with E-state index in [-0.39, 0.29) is 6.02 Å². The van der Waals surface area contributed by atoms with E-state index in [0.717, 1.165) is 28.0 Å². The van der Waals surface area contributed by atoms with Gasteiger partial charge in [0.05, 0.1) is 18.7 Å². The molecule has 28 heavy (non-hydrogen) atoms. The molecule has 5 heteroatoms. The lowest BCUT2D eigenvalue weighted by Gasteiger charge is -2.26. The van der Waals surface area contributed by atoms with Crippen molar-refractivity contribution < 1.29 is 9.47 Å². The molecule has 1 unspecified atom stereocenters.